The van der Waals surface area contributed by atoms with E-state index in [9.17, 15) is 28.1 Å². The Morgan fingerprint density at radius 1 is 1.30 bits per heavy atom. The quantitative estimate of drug-likeness (QED) is 0.480. The first-order valence-electron chi connectivity index (χ1n) is 6.37. The Bertz CT molecular complexity index is 751. The van der Waals surface area contributed by atoms with E-state index in [-0.39, 0.29) is 23.7 Å². The van der Waals surface area contributed by atoms with Gasteiger partial charge >= 0.3 is 12.1 Å². The Morgan fingerprint density at radius 2 is 2.00 bits per heavy atom. The first kappa shape index (κ1) is 16.5. The lowest BCUT2D eigenvalue weighted by atomic mass is 10.1. The van der Waals surface area contributed by atoms with Gasteiger partial charge in [0.05, 0.1) is 22.7 Å². The van der Waals surface area contributed by atoms with Crippen LogP contribution in [0.5, 0.6) is 0 Å². The molecule has 0 aliphatic rings. The molecule has 0 fully saturated rings. The van der Waals surface area contributed by atoms with Gasteiger partial charge in [0.25, 0.3) is 5.69 Å². The number of benzene rings is 1. The SMILES string of the molecule is CCOC(=O)c1ccc(-c2cc(C(F)(F)F)ccc2[N+](=O)[O-])o1. The van der Waals surface area contributed by atoms with Crippen molar-refractivity contribution in [2.45, 2.75) is 13.1 Å². The zero-order valence-corrected chi connectivity index (χ0v) is 11.7. The summed E-state index contributed by atoms with van der Waals surface area (Å²) in [4.78, 5) is 21.7. The number of hydrogen-bond donors (Lipinski definition) is 0. The van der Waals surface area contributed by atoms with Crippen LogP contribution >= 0.6 is 0 Å². The molecule has 0 unspecified atom stereocenters. The van der Waals surface area contributed by atoms with Crippen molar-refractivity contribution < 1.29 is 32.0 Å². The summed E-state index contributed by atoms with van der Waals surface area (Å²) in [6.07, 6.45) is -4.67. The lowest BCUT2D eigenvalue weighted by molar-refractivity contribution is -0.384. The standard InChI is InChI=1S/C14H10F3NO5/c1-2-22-13(19)12-6-5-11(23-12)9-7-8(14(15,16)17)3-4-10(9)18(20)21/h3-7H,2H2,1H3. The highest BCUT2D eigenvalue weighted by Crippen LogP contribution is 2.37. The van der Waals surface area contributed by atoms with Crippen molar-refractivity contribution in [3.05, 3.63) is 51.8 Å². The van der Waals surface area contributed by atoms with Crippen LogP contribution in [0.4, 0.5) is 18.9 Å². The molecule has 9 heteroatoms. The van der Waals surface area contributed by atoms with Crippen LogP contribution in [-0.2, 0) is 10.9 Å². The third-order valence-corrected chi connectivity index (χ3v) is 2.87. The van der Waals surface area contributed by atoms with Gasteiger partial charge in [-0.15, -0.1) is 0 Å². The van der Waals surface area contributed by atoms with Crippen LogP contribution in [0, 0.1) is 10.1 Å². The van der Waals surface area contributed by atoms with Crippen molar-refractivity contribution in [3.8, 4) is 11.3 Å². The molecule has 1 aromatic heterocycles. The molecule has 0 radical (unpaired) electrons. The maximum atomic E-state index is 12.8. The molecule has 0 spiro atoms. The highest BCUT2D eigenvalue weighted by atomic mass is 19.4. The van der Waals surface area contributed by atoms with Gasteiger partial charge in [0, 0.05) is 6.07 Å². The number of nitro benzene ring substituents is 1. The summed E-state index contributed by atoms with van der Waals surface area (Å²) < 4.78 is 48.1. The molecule has 2 rings (SSSR count). The Kier molecular flexibility index (Phi) is 4.39. The predicted molar refractivity (Wildman–Crippen MR) is 71.8 cm³/mol. The second kappa shape index (κ2) is 6.11. The van der Waals surface area contributed by atoms with Crippen LogP contribution in [0.25, 0.3) is 11.3 Å². The van der Waals surface area contributed by atoms with Crippen LogP contribution in [0.1, 0.15) is 23.0 Å². The average molecular weight is 329 g/mol. The molecule has 0 N–H and O–H groups in total. The molecule has 0 aliphatic carbocycles. The Balaban J connectivity index is 2.52. The van der Waals surface area contributed by atoms with Crippen LogP contribution in [-0.4, -0.2) is 17.5 Å². The molecule has 0 saturated carbocycles. The monoisotopic (exact) mass is 329 g/mol. The molecule has 0 bridgehead atoms. The second-order valence-electron chi connectivity index (χ2n) is 4.37. The Hall–Kier alpha value is -2.84. The molecule has 1 aromatic carbocycles. The summed E-state index contributed by atoms with van der Waals surface area (Å²) in [6.45, 7) is 1.65. The van der Waals surface area contributed by atoms with Gasteiger partial charge in [0.1, 0.15) is 5.76 Å². The number of halogens is 3. The van der Waals surface area contributed by atoms with Gasteiger partial charge in [-0.3, -0.25) is 10.1 Å². The Morgan fingerprint density at radius 3 is 2.57 bits per heavy atom. The number of hydrogen-bond acceptors (Lipinski definition) is 5. The number of carbonyl (C=O) groups is 1. The molecule has 0 atom stereocenters. The number of rotatable bonds is 4. The molecule has 0 aliphatic heterocycles. The van der Waals surface area contributed by atoms with Crippen LogP contribution in [0.15, 0.2) is 34.7 Å². The molecule has 0 saturated heterocycles. The molecule has 6 nitrogen and oxygen atoms in total. The summed E-state index contributed by atoms with van der Waals surface area (Å²) in [6, 6.07) is 4.31. The van der Waals surface area contributed by atoms with Gasteiger partial charge < -0.3 is 9.15 Å². The van der Waals surface area contributed by atoms with Crippen molar-refractivity contribution in [3.63, 3.8) is 0 Å². The molecule has 0 amide bonds. The first-order valence-corrected chi connectivity index (χ1v) is 6.37. The number of ether oxygens (including phenoxy) is 1. The van der Waals surface area contributed by atoms with Crippen LogP contribution < -0.4 is 0 Å². The van der Waals surface area contributed by atoms with E-state index in [1.54, 1.807) is 6.92 Å². The van der Waals surface area contributed by atoms with Crippen molar-refractivity contribution in [1.29, 1.82) is 0 Å². The van der Waals surface area contributed by atoms with E-state index in [0.717, 1.165) is 6.07 Å². The third kappa shape index (κ3) is 3.50. The zero-order chi connectivity index (χ0) is 17.2. The number of nitro groups is 1. The smallest absolute Gasteiger partial charge is 0.416 e. The first-order chi connectivity index (χ1) is 10.7. The van der Waals surface area contributed by atoms with E-state index >= 15 is 0 Å². The van der Waals surface area contributed by atoms with Gasteiger partial charge in [-0.25, -0.2) is 4.79 Å². The predicted octanol–water partition coefficient (Wildman–Crippen LogP) is 4.05. The van der Waals surface area contributed by atoms with E-state index in [0.29, 0.717) is 12.1 Å². The van der Waals surface area contributed by atoms with Crippen molar-refractivity contribution in [2.75, 3.05) is 6.61 Å². The van der Waals surface area contributed by atoms with Gasteiger partial charge in [-0.05, 0) is 31.2 Å². The molecule has 2 aromatic rings. The van der Waals surface area contributed by atoms with E-state index < -0.39 is 28.3 Å². The van der Waals surface area contributed by atoms with Crippen molar-refractivity contribution >= 4 is 11.7 Å². The maximum absolute atomic E-state index is 12.8. The van der Waals surface area contributed by atoms with Gasteiger partial charge in [0.2, 0.25) is 5.76 Å². The minimum Gasteiger partial charge on any atom is -0.460 e. The Labute approximate surface area is 127 Å². The topological polar surface area (TPSA) is 82.6 Å². The highest BCUT2D eigenvalue weighted by molar-refractivity contribution is 5.87. The number of alkyl halides is 3. The molecular formula is C14H10F3NO5. The fourth-order valence-electron chi connectivity index (χ4n) is 1.86. The molecule has 23 heavy (non-hydrogen) atoms. The molecular weight excluding hydrogens is 319 g/mol. The summed E-state index contributed by atoms with van der Waals surface area (Å²) in [5.41, 5.74) is -2.00. The summed E-state index contributed by atoms with van der Waals surface area (Å²) in [5.74, 6) is -1.30. The summed E-state index contributed by atoms with van der Waals surface area (Å²) in [5, 5.41) is 11.0. The zero-order valence-electron chi connectivity index (χ0n) is 11.7. The van der Waals surface area contributed by atoms with Gasteiger partial charge in [0.15, 0.2) is 0 Å². The molecule has 122 valence electrons. The van der Waals surface area contributed by atoms with E-state index in [4.69, 9.17) is 4.42 Å². The minimum absolute atomic E-state index is 0.0819. The minimum atomic E-state index is -4.67. The number of nitrogens with zero attached hydrogens (tertiary/aromatic N) is 1. The largest absolute Gasteiger partial charge is 0.460 e. The lowest BCUT2D eigenvalue weighted by Crippen LogP contribution is -2.05. The van der Waals surface area contributed by atoms with E-state index in [2.05, 4.69) is 4.74 Å². The van der Waals surface area contributed by atoms with Crippen molar-refractivity contribution in [2.24, 2.45) is 0 Å². The summed E-state index contributed by atoms with van der Waals surface area (Å²) in [7, 11) is 0. The van der Waals surface area contributed by atoms with E-state index in [1.165, 1.54) is 12.1 Å². The summed E-state index contributed by atoms with van der Waals surface area (Å²) >= 11 is 0. The number of esters is 1. The highest BCUT2D eigenvalue weighted by Gasteiger charge is 2.33. The maximum Gasteiger partial charge on any atom is 0.416 e. The fraction of sp³-hybridized carbons (Fsp3) is 0.214. The van der Waals surface area contributed by atoms with Crippen LogP contribution in [0.3, 0.4) is 0 Å². The van der Waals surface area contributed by atoms with Crippen LogP contribution in [0.2, 0.25) is 0 Å². The second-order valence-corrected chi connectivity index (χ2v) is 4.37. The average Bonchev–Trinajstić information content (AvgIpc) is 2.95. The van der Waals surface area contributed by atoms with Gasteiger partial charge in [-0.1, -0.05) is 0 Å². The fourth-order valence-corrected chi connectivity index (χ4v) is 1.86. The van der Waals surface area contributed by atoms with Crippen molar-refractivity contribution in [1.82, 2.24) is 0 Å². The number of furan rings is 1. The number of carbonyl (C=O) groups excluding carboxylic acids is 1. The third-order valence-electron chi connectivity index (χ3n) is 2.87. The lowest BCUT2D eigenvalue weighted by Gasteiger charge is -2.08. The molecule has 1 heterocycles. The van der Waals surface area contributed by atoms with E-state index in [1.807, 2.05) is 0 Å². The normalized spacial score (nSPS) is 11.3. The van der Waals surface area contributed by atoms with Gasteiger partial charge in [-0.2, -0.15) is 13.2 Å².